The molecule has 0 spiro atoms. The van der Waals surface area contributed by atoms with E-state index < -0.39 is 0 Å². The molecule has 22 heavy (non-hydrogen) atoms. The van der Waals surface area contributed by atoms with Gasteiger partial charge in [0.1, 0.15) is 0 Å². The zero-order valence-electron chi connectivity index (χ0n) is 13.6. The van der Waals surface area contributed by atoms with Crippen molar-refractivity contribution in [3.8, 4) is 0 Å². The molecular formula is C15H25ClN4O2. The van der Waals surface area contributed by atoms with E-state index in [2.05, 4.69) is 41.6 Å². The largest absolute Gasteiger partial charge is 0.378 e. The molecule has 3 N–H and O–H groups in total. The van der Waals surface area contributed by atoms with E-state index in [4.69, 9.17) is 4.74 Å². The number of rotatable bonds is 3. The number of fused-ring (bicyclic) bond motifs is 1. The molecule has 0 bridgehead atoms. The molecule has 1 aromatic rings. The van der Waals surface area contributed by atoms with E-state index in [1.54, 1.807) is 7.11 Å². The molecule has 0 saturated heterocycles. The Kier molecular flexibility index (Phi) is 4.57. The van der Waals surface area contributed by atoms with E-state index >= 15 is 0 Å². The fraction of sp³-hybridized carbons (Fsp3) is 0.733. The van der Waals surface area contributed by atoms with E-state index in [0.717, 1.165) is 30.6 Å². The summed E-state index contributed by atoms with van der Waals surface area (Å²) < 4.78 is 5.60. The van der Waals surface area contributed by atoms with Crippen LogP contribution in [0.4, 0.5) is 0 Å². The summed E-state index contributed by atoms with van der Waals surface area (Å²) in [5.41, 5.74) is 2.33. The second kappa shape index (κ2) is 5.83. The third-order valence-electron chi connectivity index (χ3n) is 5.61. The lowest BCUT2D eigenvalue weighted by atomic mass is 9.56. The van der Waals surface area contributed by atoms with Crippen LogP contribution in [0, 0.1) is 5.41 Å². The summed E-state index contributed by atoms with van der Waals surface area (Å²) in [6.07, 6.45) is 1.72. The molecule has 124 valence electrons. The van der Waals surface area contributed by atoms with Crippen molar-refractivity contribution in [3.63, 3.8) is 0 Å². The number of hydrogen-bond donors (Lipinski definition) is 3. The summed E-state index contributed by atoms with van der Waals surface area (Å²) in [4.78, 5) is 12.5. The van der Waals surface area contributed by atoms with Crippen molar-refractivity contribution in [2.45, 2.75) is 51.8 Å². The number of H-pyrrole nitrogens is 1. The van der Waals surface area contributed by atoms with Crippen LogP contribution in [0.25, 0.3) is 0 Å². The zero-order chi connectivity index (χ0) is 15.3. The van der Waals surface area contributed by atoms with Gasteiger partial charge in [0.2, 0.25) is 0 Å². The third-order valence-corrected chi connectivity index (χ3v) is 5.61. The van der Waals surface area contributed by atoms with Crippen molar-refractivity contribution < 1.29 is 9.53 Å². The Morgan fingerprint density at radius 3 is 2.77 bits per heavy atom. The first kappa shape index (κ1) is 17.2. The van der Waals surface area contributed by atoms with E-state index in [1.807, 2.05) is 0 Å². The van der Waals surface area contributed by atoms with Crippen LogP contribution in [0.3, 0.4) is 0 Å². The lowest BCUT2D eigenvalue weighted by Gasteiger charge is -2.59. The number of aromatic amines is 1. The van der Waals surface area contributed by atoms with Gasteiger partial charge >= 0.3 is 0 Å². The molecule has 0 radical (unpaired) electrons. The monoisotopic (exact) mass is 328 g/mol. The molecule has 3 rings (SSSR count). The molecule has 1 saturated carbocycles. The average molecular weight is 329 g/mol. The SMILES string of the molecule is COC1(C)CC(NC(=O)c2n[nH]c3c2CNCC3)C1(C)C.Cl. The minimum Gasteiger partial charge on any atom is -0.378 e. The fourth-order valence-corrected chi connectivity index (χ4v) is 3.36. The first-order valence-electron chi connectivity index (χ1n) is 7.52. The van der Waals surface area contributed by atoms with Crippen LogP contribution >= 0.6 is 12.4 Å². The second-order valence-corrected chi connectivity index (χ2v) is 6.84. The van der Waals surface area contributed by atoms with Gasteiger partial charge in [-0.3, -0.25) is 9.89 Å². The molecule has 7 heteroatoms. The summed E-state index contributed by atoms with van der Waals surface area (Å²) in [5, 5.41) is 13.6. The Morgan fingerprint density at radius 2 is 2.14 bits per heavy atom. The van der Waals surface area contributed by atoms with Gasteiger partial charge in [-0.15, -0.1) is 12.4 Å². The Labute approximate surface area is 137 Å². The van der Waals surface area contributed by atoms with Crippen molar-refractivity contribution in [2.75, 3.05) is 13.7 Å². The van der Waals surface area contributed by atoms with Gasteiger partial charge in [0, 0.05) is 49.3 Å². The number of aromatic nitrogens is 2. The number of amides is 1. The predicted octanol–water partition coefficient (Wildman–Crippen LogP) is 1.41. The summed E-state index contributed by atoms with van der Waals surface area (Å²) >= 11 is 0. The number of methoxy groups -OCH3 is 1. The van der Waals surface area contributed by atoms with Crippen molar-refractivity contribution >= 4 is 18.3 Å². The van der Waals surface area contributed by atoms with Crippen LogP contribution in [-0.4, -0.2) is 41.4 Å². The molecular weight excluding hydrogens is 304 g/mol. The highest BCUT2D eigenvalue weighted by molar-refractivity contribution is 5.94. The molecule has 1 aliphatic heterocycles. The first-order chi connectivity index (χ1) is 9.89. The van der Waals surface area contributed by atoms with Gasteiger partial charge in [-0.05, 0) is 13.3 Å². The van der Waals surface area contributed by atoms with E-state index in [1.165, 1.54) is 0 Å². The van der Waals surface area contributed by atoms with Crippen LogP contribution in [0.15, 0.2) is 0 Å². The Morgan fingerprint density at radius 1 is 1.41 bits per heavy atom. The van der Waals surface area contributed by atoms with Gasteiger partial charge in [0.15, 0.2) is 5.69 Å². The molecule has 0 aromatic carbocycles. The van der Waals surface area contributed by atoms with Crippen molar-refractivity contribution in [1.82, 2.24) is 20.8 Å². The van der Waals surface area contributed by atoms with Crippen molar-refractivity contribution in [1.29, 1.82) is 0 Å². The van der Waals surface area contributed by atoms with Gasteiger partial charge in [-0.2, -0.15) is 5.10 Å². The molecule has 2 unspecified atom stereocenters. The first-order valence-corrected chi connectivity index (χ1v) is 7.52. The van der Waals surface area contributed by atoms with Gasteiger partial charge in [-0.1, -0.05) is 13.8 Å². The molecule has 1 fully saturated rings. The molecule has 2 aliphatic rings. The number of nitrogens with zero attached hydrogens (tertiary/aromatic N) is 1. The van der Waals surface area contributed by atoms with Crippen molar-refractivity contribution in [3.05, 3.63) is 17.0 Å². The minimum absolute atomic E-state index is 0. The minimum atomic E-state index is -0.183. The lowest BCUT2D eigenvalue weighted by Crippen LogP contribution is -2.68. The van der Waals surface area contributed by atoms with Gasteiger partial charge in [0.25, 0.3) is 5.91 Å². The standard InChI is InChI=1S/C15H24N4O2.ClH/c1-14(2)11(7-15(14,3)21-4)17-13(20)12-9-8-16-6-5-10(9)18-19-12;/h11,16H,5-8H2,1-4H3,(H,17,20)(H,18,19);1H. The number of halogens is 1. The van der Waals surface area contributed by atoms with Crippen LogP contribution in [0.1, 0.15) is 48.9 Å². The third kappa shape index (κ3) is 2.43. The lowest BCUT2D eigenvalue weighted by molar-refractivity contribution is -0.177. The van der Waals surface area contributed by atoms with Gasteiger partial charge < -0.3 is 15.4 Å². The van der Waals surface area contributed by atoms with Crippen LogP contribution < -0.4 is 10.6 Å². The molecule has 1 aromatic heterocycles. The number of nitrogens with one attached hydrogen (secondary N) is 3. The number of hydrogen-bond acceptors (Lipinski definition) is 4. The van der Waals surface area contributed by atoms with Gasteiger partial charge in [0.05, 0.1) is 5.60 Å². The Hall–Kier alpha value is -1.11. The molecule has 2 heterocycles. The number of ether oxygens (including phenoxy) is 1. The summed E-state index contributed by atoms with van der Waals surface area (Å²) in [5.74, 6) is -0.0903. The zero-order valence-corrected chi connectivity index (χ0v) is 14.4. The highest BCUT2D eigenvalue weighted by Crippen LogP contribution is 2.51. The van der Waals surface area contributed by atoms with Crippen LogP contribution in [-0.2, 0) is 17.7 Å². The molecule has 2 atom stereocenters. The van der Waals surface area contributed by atoms with Gasteiger partial charge in [-0.25, -0.2) is 0 Å². The summed E-state index contributed by atoms with van der Waals surface area (Å²) in [7, 11) is 1.73. The maximum absolute atomic E-state index is 12.5. The number of carbonyl (C=O) groups is 1. The van der Waals surface area contributed by atoms with Crippen molar-refractivity contribution in [2.24, 2.45) is 5.41 Å². The maximum atomic E-state index is 12.5. The highest BCUT2D eigenvalue weighted by Gasteiger charge is 2.58. The maximum Gasteiger partial charge on any atom is 0.272 e. The van der Waals surface area contributed by atoms with E-state index in [9.17, 15) is 4.79 Å². The van der Waals surface area contributed by atoms with Crippen LogP contribution in [0.5, 0.6) is 0 Å². The number of carbonyl (C=O) groups excluding carboxylic acids is 1. The van der Waals surface area contributed by atoms with E-state index in [-0.39, 0.29) is 35.4 Å². The second-order valence-electron chi connectivity index (χ2n) is 6.84. The quantitative estimate of drug-likeness (QED) is 0.784. The predicted molar refractivity (Wildman–Crippen MR) is 86.3 cm³/mol. The average Bonchev–Trinajstić information content (AvgIpc) is 2.90. The fourth-order valence-electron chi connectivity index (χ4n) is 3.36. The van der Waals surface area contributed by atoms with E-state index in [0.29, 0.717) is 12.2 Å². The molecule has 1 aliphatic carbocycles. The highest BCUT2D eigenvalue weighted by atomic mass is 35.5. The summed E-state index contributed by atoms with van der Waals surface area (Å²) in [6.45, 7) is 7.99. The Bertz CT molecular complexity index is 572. The molecule has 6 nitrogen and oxygen atoms in total. The topological polar surface area (TPSA) is 79.0 Å². The normalized spacial score (nSPS) is 29.0. The Balaban J connectivity index is 0.00000176. The smallest absolute Gasteiger partial charge is 0.272 e. The summed E-state index contributed by atoms with van der Waals surface area (Å²) in [6, 6.07) is 0.110. The molecule has 1 amide bonds. The van der Waals surface area contributed by atoms with Crippen LogP contribution in [0.2, 0.25) is 0 Å².